The van der Waals surface area contributed by atoms with E-state index < -0.39 is 0 Å². The summed E-state index contributed by atoms with van der Waals surface area (Å²) < 4.78 is 4.43. The Morgan fingerprint density at radius 3 is 2.33 bits per heavy atom. The van der Waals surface area contributed by atoms with E-state index in [1.54, 1.807) is 0 Å². The van der Waals surface area contributed by atoms with Gasteiger partial charge >= 0.3 is 0 Å². The molecular formula is C8H8O4. The quantitative estimate of drug-likeness (QED) is 0.654. The van der Waals surface area contributed by atoms with E-state index in [1.807, 2.05) is 0 Å². The maximum atomic E-state index is 9.80. The predicted octanol–water partition coefficient (Wildman–Crippen LogP) is 0.771. The van der Waals surface area contributed by atoms with Crippen molar-refractivity contribution in [1.82, 2.24) is 0 Å². The highest BCUT2D eigenvalue weighted by Gasteiger charge is 1.98. The summed E-state index contributed by atoms with van der Waals surface area (Å²) >= 11 is 0. The minimum Gasteiger partial charge on any atom is -0.508 e. The van der Waals surface area contributed by atoms with Crippen LogP contribution in [0.15, 0.2) is 18.2 Å². The fraction of sp³-hybridized carbons (Fsp3) is 0.125. The Balaban J connectivity index is 2.78. The van der Waals surface area contributed by atoms with Crippen molar-refractivity contribution >= 4 is 6.47 Å². The summed E-state index contributed by atoms with van der Waals surface area (Å²) in [5, 5.41) is 18.0. The minimum atomic E-state index is -0.0560. The maximum absolute atomic E-state index is 9.80. The first-order chi connectivity index (χ1) is 5.72. The molecule has 0 spiro atoms. The van der Waals surface area contributed by atoms with Crippen molar-refractivity contribution in [3.05, 3.63) is 23.8 Å². The third kappa shape index (κ3) is 2.16. The van der Waals surface area contributed by atoms with Gasteiger partial charge in [-0.2, -0.15) is 0 Å². The van der Waals surface area contributed by atoms with Crippen molar-refractivity contribution in [2.45, 2.75) is 6.61 Å². The highest BCUT2D eigenvalue weighted by molar-refractivity contribution is 5.39. The van der Waals surface area contributed by atoms with Gasteiger partial charge in [0.1, 0.15) is 18.1 Å². The smallest absolute Gasteiger partial charge is 0.293 e. The average molecular weight is 168 g/mol. The van der Waals surface area contributed by atoms with Gasteiger partial charge in [0.05, 0.1) is 0 Å². The largest absolute Gasteiger partial charge is 0.508 e. The number of benzene rings is 1. The fourth-order valence-electron chi connectivity index (χ4n) is 0.870. The number of phenolic OH excluding ortho intramolecular Hbond substituents is 2. The number of phenols is 2. The van der Waals surface area contributed by atoms with E-state index in [-0.39, 0.29) is 18.1 Å². The van der Waals surface area contributed by atoms with E-state index in [1.165, 1.54) is 18.2 Å². The summed E-state index contributed by atoms with van der Waals surface area (Å²) in [6.07, 6.45) is 0. The van der Waals surface area contributed by atoms with Gasteiger partial charge in [0.2, 0.25) is 0 Å². The molecule has 0 bridgehead atoms. The van der Waals surface area contributed by atoms with Gasteiger partial charge in [-0.1, -0.05) is 0 Å². The van der Waals surface area contributed by atoms with Crippen molar-refractivity contribution in [1.29, 1.82) is 0 Å². The summed E-state index contributed by atoms with van der Waals surface area (Å²) in [5.74, 6) is -0.112. The summed E-state index contributed by atoms with van der Waals surface area (Å²) in [7, 11) is 0. The first-order valence-corrected chi connectivity index (χ1v) is 3.29. The second kappa shape index (κ2) is 3.61. The third-order valence-corrected chi connectivity index (χ3v) is 1.28. The molecule has 12 heavy (non-hydrogen) atoms. The molecule has 0 aliphatic rings. The fourth-order valence-corrected chi connectivity index (χ4v) is 0.870. The van der Waals surface area contributed by atoms with Gasteiger partial charge < -0.3 is 14.9 Å². The standard InChI is InChI=1S/C8H8O4/c9-5-12-4-6-1-7(10)3-8(11)2-6/h1-3,5,10-11H,4H2. The van der Waals surface area contributed by atoms with Crippen LogP contribution >= 0.6 is 0 Å². The normalized spacial score (nSPS) is 9.33. The van der Waals surface area contributed by atoms with Crippen molar-refractivity contribution in [2.24, 2.45) is 0 Å². The zero-order chi connectivity index (χ0) is 8.97. The lowest BCUT2D eigenvalue weighted by atomic mass is 10.2. The predicted molar refractivity (Wildman–Crippen MR) is 40.6 cm³/mol. The SMILES string of the molecule is O=COCc1cc(O)cc(O)c1. The number of carbonyl (C=O) groups is 1. The molecule has 0 radical (unpaired) electrons. The lowest BCUT2D eigenvalue weighted by molar-refractivity contribution is -0.129. The Morgan fingerprint density at radius 2 is 1.83 bits per heavy atom. The van der Waals surface area contributed by atoms with Crippen LogP contribution in [0.3, 0.4) is 0 Å². The first-order valence-electron chi connectivity index (χ1n) is 3.29. The molecule has 0 aliphatic carbocycles. The molecule has 0 aliphatic heterocycles. The Hall–Kier alpha value is -1.71. The van der Waals surface area contributed by atoms with Crippen molar-refractivity contribution < 1.29 is 19.7 Å². The Morgan fingerprint density at radius 1 is 1.25 bits per heavy atom. The van der Waals surface area contributed by atoms with E-state index in [2.05, 4.69) is 4.74 Å². The van der Waals surface area contributed by atoms with Gasteiger partial charge in [0.25, 0.3) is 6.47 Å². The van der Waals surface area contributed by atoms with E-state index in [4.69, 9.17) is 10.2 Å². The summed E-state index contributed by atoms with van der Waals surface area (Å²) in [6, 6.07) is 4.01. The molecule has 1 rings (SSSR count). The van der Waals surface area contributed by atoms with E-state index >= 15 is 0 Å². The van der Waals surface area contributed by atoms with Crippen LogP contribution in [0.2, 0.25) is 0 Å². The molecule has 0 amide bonds. The zero-order valence-electron chi connectivity index (χ0n) is 6.23. The number of ether oxygens (including phenoxy) is 1. The summed E-state index contributed by atoms with van der Waals surface area (Å²) in [5.41, 5.74) is 0.541. The molecule has 1 aromatic rings. The van der Waals surface area contributed by atoms with E-state index in [0.717, 1.165) is 0 Å². The lowest BCUT2D eigenvalue weighted by Gasteiger charge is -2.01. The second-order valence-corrected chi connectivity index (χ2v) is 2.26. The van der Waals surface area contributed by atoms with Gasteiger partial charge in [-0.15, -0.1) is 0 Å². The number of rotatable bonds is 3. The molecule has 2 N–H and O–H groups in total. The van der Waals surface area contributed by atoms with Crippen LogP contribution in [0.25, 0.3) is 0 Å². The van der Waals surface area contributed by atoms with Gasteiger partial charge in [-0.3, -0.25) is 4.79 Å². The molecule has 0 saturated heterocycles. The van der Waals surface area contributed by atoms with Crippen molar-refractivity contribution in [3.63, 3.8) is 0 Å². The number of hydrogen-bond donors (Lipinski definition) is 2. The van der Waals surface area contributed by atoms with Crippen molar-refractivity contribution in [2.75, 3.05) is 0 Å². The van der Waals surface area contributed by atoms with Crippen LogP contribution in [0.1, 0.15) is 5.56 Å². The molecule has 0 aromatic heterocycles. The summed E-state index contributed by atoms with van der Waals surface area (Å²) in [6.45, 7) is 0.354. The Bertz CT molecular complexity index is 262. The molecule has 4 heteroatoms. The minimum absolute atomic E-state index is 0.0471. The van der Waals surface area contributed by atoms with Gasteiger partial charge in [0, 0.05) is 6.07 Å². The molecule has 4 nitrogen and oxygen atoms in total. The Kier molecular flexibility index (Phi) is 2.53. The lowest BCUT2D eigenvalue weighted by Crippen LogP contribution is -1.89. The summed E-state index contributed by atoms with van der Waals surface area (Å²) in [4.78, 5) is 9.80. The van der Waals surface area contributed by atoms with Crippen LogP contribution in [0, 0.1) is 0 Å². The maximum Gasteiger partial charge on any atom is 0.293 e. The molecule has 64 valence electrons. The molecule has 0 saturated carbocycles. The van der Waals surface area contributed by atoms with Crippen LogP contribution in [0.5, 0.6) is 11.5 Å². The molecule has 0 unspecified atom stereocenters. The molecular weight excluding hydrogens is 160 g/mol. The van der Waals surface area contributed by atoms with Crippen molar-refractivity contribution in [3.8, 4) is 11.5 Å². The van der Waals surface area contributed by atoms with Gasteiger partial charge in [-0.05, 0) is 17.7 Å². The number of aromatic hydroxyl groups is 2. The highest BCUT2D eigenvalue weighted by atomic mass is 16.5. The molecule has 0 fully saturated rings. The van der Waals surface area contributed by atoms with E-state index in [0.29, 0.717) is 12.0 Å². The van der Waals surface area contributed by atoms with Crippen LogP contribution in [0.4, 0.5) is 0 Å². The third-order valence-electron chi connectivity index (χ3n) is 1.28. The highest BCUT2D eigenvalue weighted by Crippen LogP contribution is 2.20. The average Bonchev–Trinajstić information content (AvgIpc) is 1.99. The first kappa shape index (κ1) is 8.39. The Labute approximate surface area is 69.0 Å². The molecule has 1 aromatic carbocycles. The van der Waals surface area contributed by atoms with Crippen LogP contribution in [-0.4, -0.2) is 16.7 Å². The van der Waals surface area contributed by atoms with Crippen LogP contribution < -0.4 is 0 Å². The number of hydrogen-bond acceptors (Lipinski definition) is 4. The van der Waals surface area contributed by atoms with E-state index in [9.17, 15) is 4.79 Å². The zero-order valence-corrected chi connectivity index (χ0v) is 6.23. The van der Waals surface area contributed by atoms with Gasteiger partial charge in [-0.25, -0.2) is 0 Å². The molecule has 0 atom stereocenters. The monoisotopic (exact) mass is 168 g/mol. The molecule has 0 heterocycles. The topological polar surface area (TPSA) is 66.8 Å². The number of carbonyl (C=O) groups excluding carboxylic acids is 1. The second-order valence-electron chi connectivity index (χ2n) is 2.26. The van der Waals surface area contributed by atoms with Crippen LogP contribution in [-0.2, 0) is 16.1 Å². The van der Waals surface area contributed by atoms with Gasteiger partial charge in [0.15, 0.2) is 0 Å².